The van der Waals surface area contributed by atoms with Gasteiger partial charge in [-0.25, -0.2) is 9.97 Å². The Kier molecular flexibility index (Phi) is 5.60. The number of hydrogen-bond donors (Lipinski definition) is 1. The van der Waals surface area contributed by atoms with E-state index in [-0.39, 0.29) is 11.9 Å². The van der Waals surface area contributed by atoms with Crippen molar-refractivity contribution < 1.29 is 4.79 Å². The molecule has 6 rings (SSSR count). The molecule has 37 heavy (non-hydrogen) atoms. The fraction of sp³-hybridized carbons (Fsp3) is 0.296. The maximum atomic E-state index is 12.1. The smallest absolute Gasteiger partial charge is 0.245 e. The third-order valence-corrected chi connectivity index (χ3v) is 7.87. The fourth-order valence-electron chi connectivity index (χ4n) is 5.43. The lowest BCUT2D eigenvalue weighted by molar-refractivity contribution is -0.127. The summed E-state index contributed by atoms with van der Waals surface area (Å²) in [6.45, 7) is 9.04. The Hall–Kier alpha value is -3.98. The summed E-state index contributed by atoms with van der Waals surface area (Å²) in [4.78, 5) is 23.2. The highest BCUT2D eigenvalue weighted by molar-refractivity contribution is 6.36. The van der Waals surface area contributed by atoms with E-state index in [0.717, 1.165) is 68.6 Å². The van der Waals surface area contributed by atoms with Crippen molar-refractivity contribution in [2.24, 2.45) is 7.05 Å². The van der Waals surface area contributed by atoms with E-state index in [1.54, 1.807) is 6.33 Å². The Bertz CT molecular complexity index is 1690. The minimum absolute atomic E-state index is 0.0272. The van der Waals surface area contributed by atoms with Crippen LogP contribution in [0.15, 0.2) is 43.5 Å². The minimum Gasteiger partial charge on any atom is -0.339 e. The number of benzene rings is 1. The maximum Gasteiger partial charge on any atom is 0.245 e. The number of carbonyl (C=O) groups is 1. The van der Waals surface area contributed by atoms with Crippen LogP contribution in [0.25, 0.3) is 44.5 Å². The van der Waals surface area contributed by atoms with E-state index in [4.69, 9.17) is 16.7 Å². The lowest BCUT2D eigenvalue weighted by Gasteiger charge is -2.32. The molecule has 5 heterocycles. The second kappa shape index (κ2) is 8.85. The lowest BCUT2D eigenvalue weighted by Crippen LogP contribution is -2.38. The molecular formula is C27H27ClN8O. The Balaban J connectivity index is 1.55. The standard InChI is InChI=1S/C27H27ClN8O/c1-5-22(37)35-8-6-18(7-9-35)36-16(3)23(24-19-13-31-32-20(19)10-15(2)25(24)28)26(33-36)17-11-21-27(29-12-17)34(4)14-30-21/h5,10-14,18H,1,6-9H2,2-4H3,(H,31,32). The molecule has 9 nitrogen and oxygen atoms in total. The number of nitrogens with one attached hydrogen (secondary N) is 1. The molecule has 188 valence electrons. The van der Waals surface area contributed by atoms with Crippen LogP contribution in [0.4, 0.5) is 0 Å². The van der Waals surface area contributed by atoms with E-state index < -0.39 is 0 Å². The SMILES string of the molecule is C=CC(=O)N1CCC(n2nc(-c3cnc4c(c3)ncn4C)c(-c3c(Cl)c(C)cc4[nH]ncc34)c2C)CC1. The number of rotatable bonds is 4. The molecule has 1 amide bonds. The van der Waals surface area contributed by atoms with Gasteiger partial charge < -0.3 is 9.47 Å². The van der Waals surface area contributed by atoms with Crippen molar-refractivity contribution in [3.05, 3.63) is 59.8 Å². The molecule has 1 aliphatic heterocycles. The predicted molar refractivity (Wildman–Crippen MR) is 144 cm³/mol. The number of pyridine rings is 1. The molecular weight excluding hydrogens is 488 g/mol. The number of fused-ring (bicyclic) bond motifs is 2. The molecule has 1 aromatic carbocycles. The minimum atomic E-state index is -0.0272. The normalized spacial score (nSPS) is 14.6. The Labute approximate surface area is 218 Å². The third-order valence-electron chi connectivity index (χ3n) is 7.39. The lowest BCUT2D eigenvalue weighted by atomic mass is 9.95. The molecule has 0 aliphatic carbocycles. The number of aromatic nitrogens is 7. The predicted octanol–water partition coefficient (Wildman–Crippen LogP) is 4.99. The van der Waals surface area contributed by atoms with Crippen molar-refractivity contribution in [3.63, 3.8) is 0 Å². The molecule has 0 saturated carbocycles. The number of aromatic amines is 1. The van der Waals surface area contributed by atoms with Gasteiger partial charge in [-0.2, -0.15) is 10.2 Å². The first-order valence-corrected chi connectivity index (χ1v) is 12.7. The summed E-state index contributed by atoms with van der Waals surface area (Å²) < 4.78 is 4.00. The summed E-state index contributed by atoms with van der Waals surface area (Å²) in [5, 5.41) is 14.2. The van der Waals surface area contributed by atoms with Crippen LogP contribution in [-0.2, 0) is 11.8 Å². The van der Waals surface area contributed by atoms with Gasteiger partial charge in [-0.3, -0.25) is 14.6 Å². The molecule has 0 unspecified atom stereocenters. The summed E-state index contributed by atoms with van der Waals surface area (Å²) in [5.74, 6) is -0.0272. The average molecular weight is 515 g/mol. The summed E-state index contributed by atoms with van der Waals surface area (Å²) in [6.07, 6.45) is 8.42. The van der Waals surface area contributed by atoms with E-state index in [9.17, 15) is 4.79 Å². The molecule has 5 aromatic rings. The number of aryl methyl sites for hydroxylation is 2. The van der Waals surface area contributed by atoms with Gasteiger partial charge in [-0.15, -0.1) is 0 Å². The van der Waals surface area contributed by atoms with Gasteiger partial charge in [-0.1, -0.05) is 18.2 Å². The van der Waals surface area contributed by atoms with Crippen LogP contribution in [-0.4, -0.2) is 58.4 Å². The van der Waals surface area contributed by atoms with Crippen molar-refractivity contribution >= 4 is 39.6 Å². The number of amides is 1. The zero-order chi connectivity index (χ0) is 25.8. The van der Waals surface area contributed by atoms with Gasteiger partial charge in [0, 0.05) is 54.1 Å². The first-order valence-electron chi connectivity index (χ1n) is 12.3. The zero-order valence-corrected chi connectivity index (χ0v) is 21.7. The van der Waals surface area contributed by atoms with Crippen LogP contribution in [0.3, 0.4) is 0 Å². The number of imidazole rings is 1. The number of likely N-dealkylation sites (tertiary alicyclic amines) is 1. The second-order valence-corrected chi connectivity index (χ2v) is 10.0. The van der Waals surface area contributed by atoms with E-state index in [1.165, 1.54) is 6.08 Å². The maximum absolute atomic E-state index is 12.1. The molecule has 1 N–H and O–H groups in total. The van der Waals surface area contributed by atoms with Gasteiger partial charge in [0.15, 0.2) is 5.65 Å². The Morgan fingerprint density at radius 2 is 1.95 bits per heavy atom. The highest BCUT2D eigenvalue weighted by atomic mass is 35.5. The second-order valence-electron chi connectivity index (χ2n) is 9.65. The van der Waals surface area contributed by atoms with Gasteiger partial charge in [0.05, 0.1) is 29.1 Å². The molecule has 0 atom stereocenters. The molecule has 0 spiro atoms. The van der Waals surface area contributed by atoms with Gasteiger partial charge in [0.2, 0.25) is 5.91 Å². The molecule has 1 aliphatic rings. The number of carbonyl (C=O) groups excluding carboxylic acids is 1. The van der Waals surface area contributed by atoms with Crippen molar-refractivity contribution in [2.75, 3.05) is 13.1 Å². The molecule has 0 bridgehead atoms. The molecule has 0 radical (unpaired) electrons. The molecule has 1 fully saturated rings. The van der Waals surface area contributed by atoms with Crippen LogP contribution in [0.2, 0.25) is 5.02 Å². The number of hydrogen-bond acceptors (Lipinski definition) is 5. The summed E-state index contributed by atoms with van der Waals surface area (Å²) >= 11 is 6.99. The van der Waals surface area contributed by atoms with E-state index in [2.05, 4.69) is 38.3 Å². The van der Waals surface area contributed by atoms with Gasteiger partial charge in [-0.05, 0) is 50.5 Å². The van der Waals surface area contributed by atoms with Gasteiger partial charge >= 0.3 is 0 Å². The average Bonchev–Trinajstić information content (AvgIpc) is 3.62. The Morgan fingerprint density at radius 3 is 2.70 bits per heavy atom. The van der Waals surface area contributed by atoms with Crippen LogP contribution in [0.5, 0.6) is 0 Å². The number of piperidine rings is 1. The highest BCUT2D eigenvalue weighted by Gasteiger charge is 2.29. The third kappa shape index (κ3) is 3.72. The van der Waals surface area contributed by atoms with Crippen LogP contribution >= 0.6 is 11.6 Å². The van der Waals surface area contributed by atoms with Crippen molar-refractivity contribution in [1.29, 1.82) is 0 Å². The van der Waals surface area contributed by atoms with Crippen molar-refractivity contribution in [1.82, 2.24) is 39.4 Å². The van der Waals surface area contributed by atoms with Crippen molar-refractivity contribution in [2.45, 2.75) is 32.7 Å². The zero-order valence-electron chi connectivity index (χ0n) is 21.0. The Morgan fingerprint density at radius 1 is 1.16 bits per heavy atom. The molecule has 1 saturated heterocycles. The first-order chi connectivity index (χ1) is 17.9. The van der Waals surface area contributed by atoms with Crippen molar-refractivity contribution in [3.8, 4) is 22.4 Å². The monoisotopic (exact) mass is 514 g/mol. The van der Waals surface area contributed by atoms with E-state index in [0.29, 0.717) is 18.1 Å². The summed E-state index contributed by atoms with van der Waals surface area (Å²) in [7, 11) is 1.93. The summed E-state index contributed by atoms with van der Waals surface area (Å²) in [6, 6.07) is 4.19. The largest absolute Gasteiger partial charge is 0.339 e. The fourth-order valence-corrected chi connectivity index (χ4v) is 5.68. The number of halogens is 1. The molecule has 10 heteroatoms. The summed E-state index contributed by atoms with van der Waals surface area (Å²) in [5.41, 5.74) is 8.05. The van der Waals surface area contributed by atoms with E-state index >= 15 is 0 Å². The first kappa shape index (κ1) is 23.4. The highest BCUT2D eigenvalue weighted by Crippen LogP contribution is 2.44. The number of nitrogens with zero attached hydrogens (tertiary/aromatic N) is 7. The van der Waals surface area contributed by atoms with E-state index in [1.807, 2.05) is 48.0 Å². The number of H-pyrrole nitrogens is 1. The topological polar surface area (TPSA) is 97.5 Å². The quantitative estimate of drug-likeness (QED) is 0.340. The van der Waals surface area contributed by atoms with Crippen LogP contribution in [0, 0.1) is 13.8 Å². The van der Waals surface area contributed by atoms with Crippen LogP contribution < -0.4 is 0 Å². The molecule has 4 aromatic heterocycles. The van der Waals surface area contributed by atoms with Gasteiger partial charge in [0.1, 0.15) is 11.2 Å². The van der Waals surface area contributed by atoms with Gasteiger partial charge in [0.25, 0.3) is 0 Å². The van der Waals surface area contributed by atoms with Crippen LogP contribution in [0.1, 0.15) is 30.1 Å².